The van der Waals surface area contributed by atoms with Crippen LogP contribution in [0.15, 0.2) is 54.6 Å². The molecule has 0 amide bonds. The predicted octanol–water partition coefficient (Wildman–Crippen LogP) is 5.27. The van der Waals surface area contributed by atoms with E-state index in [1.54, 1.807) is 0 Å². The molecule has 3 aromatic carbocycles. The number of rotatable bonds is 0. The van der Waals surface area contributed by atoms with Gasteiger partial charge in [0.2, 0.25) is 0 Å². The lowest BCUT2D eigenvalue weighted by molar-refractivity contribution is 0.487. The lowest BCUT2D eigenvalue weighted by Crippen LogP contribution is -1.97. The number of hydrogen-bond acceptors (Lipinski definition) is 1. The predicted molar refractivity (Wildman–Crippen MR) is 74.5 cm³/mol. The number of halogens is 1. The molecule has 0 N–H and O–H groups in total. The number of hydrogen-bond donors (Lipinski definition) is 0. The summed E-state index contributed by atoms with van der Waals surface area (Å²) in [6.45, 7) is 0. The second kappa shape index (κ2) is 3.50. The zero-order chi connectivity index (χ0) is 12.1. The molecular weight excluding hydrogens is 244 g/mol. The Labute approximate surface area is 110 Å². The van der Waals surface area contributed by atoms with E-state index in [1.165, 1.54) is 10.9 Å². The van der Waals surface area contributed by atoms with Crippen LogP contribution in [-0.2, 0) is 0 Å². The molecule has 0 unspecified atom stereocenters. The molecule has 1 heterocycles. The van der Waals surface area contributed by atoms with Crippen LogP contribution in [0.2, 0.25) is 5.02 Å². The molecule has 0 atom stereocenters. The van der Waals surface area contributed by atoms with Crippen molar-refractivity contribution in [3.63, 3.8) is 0 Å². The molecule has 0 fully saturated rings. The number of fused-ring (bicyclic) bond motifs is 2. The first kappa shape index (κ1) is 9.98. The molecule has 0 radical (unpaired) electrons. The molecule has 86 valence electrons. The summed E-state index contributed by atoms with van der Waals surface area (Å²) in [6, 6.07) is 18.2. The van der Waals surface area contributed by atoms with Crippen LogP contribution < -0.4 is 4.74 Å². The zero-order valence-corrected chi connectivity index (χ0v) is 10.2. The maximum Gasteiger partial charge on any atom is 0.153 e. The first-order valence-corrected chi connectivity index (χ1v) is 6.21. The Morgan fingerprint density at radius 2 is 1.50 bits per heavy atom. The average molecular weight is 253 g/mol. The summed E-state index contributed by atoms with van der Waals surface area (Å²) in [5.41, 5.74) is 2.25. The van der Waals surface area contributed by atoms with Crippen molar-refractivity contribution >= 4 is 22.4 Å². The van der Waals surface area contributed by atoms with Crippen LogP contribution in [0.1, 0.15) is 0 Å². The summed E-state index contributed by atoms with van der Waals surface area (Å²) < 4.78 is 5.95. The highest BCUT2D eigenvalue weighted by molar-refractivity contribution is 6.33. The minimum absolute atomic E-state index is 0.652. The highest BCUT2D eigenvalue weighted by Gasteiger charge is 2.20. The fraction of sp³-hybridized carbons (Fsp3) is 0. The molecule has 1 aliphatic rings. The van der Waals surface area contributed by atoms with E-state index in [4.69, 9.17) is 16.3 Å². The van der Waals surface area contributed by atoms with E-state index in [1.807, 2.05) is 30.3 Å². The van der Waals surface area contributed by atoms with Gasteiger partial charge in [0.1, 0.15) is 5.75 Å². The molecule has 0 aliphatic carbocycles. The lowest BCUT2D eigenvalue weighted by atomic mass is 9.95. The number of para-hydroxylation sites is 1. The van der Waals surface area contributed by atoms with Crippen LogP contribution in [0.25, 0.3) is 21.9 Å². The molecule has 0 spiro atoms. The normalized spacial score (nSPS) is 12.1. The van der Waals surface area contributed by atoms with Gasteiger partial charge in [-0.3, -0.25) is 0 Å². The van der Waals surface area contributed by atoms with Crippen molar-refractivity contribution in [3.8, 4) is 22.6 Å². The van der Waals surface area contributed by atoms with E-state index in [2.05, 4.69) is 24.3 Å². The van der Waals surface area contributed by atoms with Gasteiger partial charge in [-0.05, 0) is 23.1 Å². The molecule has 3 aromatic rings. The van der Waals surface area contributed by atoms with Crippen LogP contribution in [-0.4, -0.2) is 0 Å². The first-order chi connectivity index (χ1) is 8.84. The third kappa shape index (κ3) is 1.22. The van der Waals surface area contributed by atoms with Crippen LogP contribution in [0.3, 0.4) is 0 Å². The van der Waals surface area contributed by atoms with E-state index in [0.29, 0.717) is 5.02 Å². The third-order valence-electron chi connectivity index (χ3n) is 3.34. The molecule has 1 nitrogen and oxygen atoms in total. The molecule has 18 heavy (non-hydrogen) atoms. The van der Waals surface area contributed by atoms with E-state index < -0.39 is 0 Å². The Kier molecular flexibility index (Phi) is 1.94. The van der Waals surface area contributed by atoms with E-state index in [-0.39, 0.29) is 0 Å². The van der Waals surface area contributed by atoms with E-state index >= 15 is 0 Å². The summed E-state index contributed by atoms with van der Waals surface area (Å²) in [7, 11) is 0. The molecule has 0 aromatic heterocycles. The van der Waals surface area contributed by atoms with Gasteiger partial charge in [-0.15, -0.1) is 0 Å². The smallest absolute Gasteiger partial charge is 0.153 e. The Bertz CT molecular complexity index is 772. The summed E-state index contributed by atoms with van der Waals surface area (Å²) in [4.78, 5) is 0. The quantitative estimate of drug-likeness (QED) is 0.414. The SMILES string of the molecule is Clc1cccc2c1Oc1cccc3cccc-2c13. The lowest BCUT2D eigenvalue weighted by Gasteiger charge is -2.21. The Morgan fingerprint density at radius 3 is 2.39 bits per heavy atom. The van der Waals surface area contributed by atoms with Gasteiger partial charge < -0.3 is 4.74 Å². The zero-order valence-electron chi connectivity index (χ0n) is 9.48. The van der Waals surface area contributed by atoms with Gasteiger partial charge in [0.05, 0.1) is 5.02 Å². The first-order valence-electron chi connectivity index (χ1n) is 5.83. The number of ether oxygens (including phenoxy) is 1. The van der Waals surface area contributed by atoms with Crippen LogP contribution in [0, 0.1) is 0 Å². The maximum atomic E-state index is 6.22. The summed E-state index contributed by atoms with van der Waals surface area (Å²) >= 11 is 6.22. The van der Waals surface area contributed by atoms with Gasteiger partial charge in [0.25, 0.3) is 0 Å². The minimum Gasteiger partial charge on any atom is -0.454 e. The maximum absolute atomic E-state index is 6.22. The summed E-state index contributed by atoms with van der Waals surface area (Å²) in [5.74, 6) is 1.63. The van der Waals surface area contributed by atoms with Crippen molar-refractivity contribution in [1.82, 2.24) is 0 Å². The van der Waals surface area contributed by atoms with Gasteiger partial charge in [0, 0.05) is 10.9 Å². The average Bonchev–Trinajstić information content (AvgIpc) is 2.41. The van der Waals surface area contributed by atoms with Gasteiger partial charge in [-0.1, -0.05) is 54.1 Å². The molecule has 1 aliphatic heterocycles. The molecule has 0 saturated carbocycles. The standard InChI is InChI=1S/C16H9ClO/c17-13-8-3-7-12-11-6-1-4-10-5-2-9-14(15(10)11)18-16(12)13/h1-9H. The van der Waals surface area contributed by atoms with Crippen molar-refractivity contribution in [3.05, 3.63) is 59.6 Å². The van der Waals surface area contributed by atoms with Crippen LogP contribution >= 0.6 is 11.6 Å². The molecule has 0 bridgehead atoms. The van der Waals surface area contributed by atoms with E-state index in [0.717, 1.165) is 22.4 Å². The van der Waals surface area contributed by atoms with Crippen molar-refractivity contribution in [2.24, 2.45) is 0 Å². The van der Waals surface area contributed by atoms with Crippen molar-refractivity contribution in [1.29, 1.82) is 0 Å². The monoisotopic (exact) mass is 252 g/mol. The van der Waals surface area contributed by atoms with Crippen LogP contribution in [0.5, 0.6) is 11.5 Å². The Balaban J connectivity index is 2.21. The molecule has 0 saturated heterocycles. The minimum atomic E-state index is 0.652. The van der Waals surface area contributed by atoms with Gasteiger partial charge in [-0.2, -0.15) is 0 Å². The fourth-order valence-corrected chi connectivity index (χ4v) is 2.76. The Hall–Kier alpha value is -1.99. The highest BCUT2D eigenvalue weighted by atomic mass is 35.5. The number of benzene rings is 3. The van der Waals surface area contributed by atoms with Gasteiger partial charge in [0.15, 0.2) is 5.75 Å². The van der Waals surface area contributed by atoms with Gasteiger partial charge in [-0.25, -0.2) is 0 Å². The summed E-state index contributed by atoms with van der Waals surface area (Å²) in [6.07, 6.45) is 0. The third-order valence-corrected chi connectivity index (χ3v) is 3.63. The van der Waals surface area contributed by atoms with Gasteiger partial charge >= 0.3 is 0 Å². The molecule has 4 rings (SSSR count). The summed E-state index contributed by atoms with van der Waals surface area (Å²) in [5, 5.41) is 3.00. The Morgan fingerprint density at radius 1 is 0.778 bits per heavy atom. The highest BCUT2D eigenvalue weighted by Crippen LogP contribution is 2.48. The molecule has 2 heteroatoms. The van der Waals surface area contributed by atoms with Crippen molar-refractivity contribution in [2.45, 2.75) is 0 Å². The van der Waals surface area contributed by atoms with E-state index in [9.17, 15) is 0 Å². The second-order valence-corrected chi connectivity index (χ2v) is 4.79. The fourth-order valence-electron chi connectivity index (χ4n) is 2.55. The van der Waals surface area contributed by atoms with Crippen molar-refractivity contribution < 1.29 is 4.74 Å². The second-order valence-electron chi connectivity index (χ2n) is 4.38. The molecular formula is C16H9ClO. The van der Waals surface area contributed by atoms with Crippen LogP contribution in [0.4, 0.5) is 0 Å². The topological polar surface area (TPSA) is 9.23 Å². The largest absolute Gasteiger partial charge is 0.454 e. The van der Waals surface area contributed by atoms with Crippen molar-refractivity contribution in [2.75, 3.05) is 0 Å².